The Morgan fingerprint density at radius 2 is 1.52 bits per heavy atom. The van der Waals surface area contributed by atoms with Crippen molar-refractivity contribution in [2.45, 2.75) is 13.8 Å². The zero-order valence-corrected chi connectivity index (χ0v) is 13.7. The maximum atomic E-state index is 13.9. The Morgan fingerprint density at radius 1 is 0.960 bits per heavy atom. The Bertz CT molecular complexity index is 799. The summed E-state index contributed by atoms with van der Waals surface area (Å²) in [6, 6.07) is 9.31. The van der Waals surface area contributed by atoms with E-state index >= 15 is 0 Å². The quantitative estimate of drug-likeness (QED) is 0.846. The third-order valence-corrected chi connectivity index (χ3v) is 3.46. The van der Waals surface area contributed by atoms with Crippen molar-refractivity contribution in [3.63, 3.8) is 0 Å². The SMILES string of the molecule is CC(=O)c1ccc(NC(=O)CN(C(C)=O)c2c(F)cccc2F)cc1. The summed E-state index contributed by atoms with van der Waals surface area (Å²) in [4.78, 5) is 35.8. The first-order valence-electron chi connectivity index (χ1n) is 7.42. The number of anilines is 2. The van der Waals surface area contributed by atoms with E-state index in [0.717, 1.165) is 24.0 Å². The summed E-state index contributed by atoms with van der Waals surface area (Å²) in [6.07, 6.45) is 0. The van der Waals surface area contributed by atoms with E-state index in [1.165, 1.54) is 37.3 Å². The Kier molecular flexibility index (Phi) is 5.59. The van der Waals surface area contributed by atoms with Gasteiger partial charge in [-0.3, -0.25) is 19.3 Å². The summed E-state index contributed by atoms with van der Waals surface area (Å²) in [5.41, 5.74) is 0.307. The van der Waals surface area contributed by atoms with Gasteiger partial charge in [-0.2, -0.15) is 0 Å². The zero-order chi connectivity index (χ0) is 18.6. The summed E-state index contributed by atoms with van der Waals surface area (Å²) < 4.78 is 27.7. The van der Waals surface area contributed by atoms with Crippen LogP contribution in [0.5, 0.6) is 0 Å². The van der Waals surface area contributed by atoms with Crippen LogP contribution in [-0.2, 0) is 9.59 Å². The van der Waals surface area contributed by atoms with Crippen molar-refractivity contribution in [1.29, 1.82) is 0 Å². The highest BCUT2D eigenvalue weighted by Crippen LogP contribution is 2.23. The van der Waals surface area contributed by atoms with Crippen LogP contribution in [0, 0.1) is 11.6 Å². The second-order valence-electron chi connectivity index (χ2n) is 5.36. The number of hydrogen-bond acceptors (Lipinski definition) is 3. The van der Waals surface area contributed by atoms with Gasteiger partial charge in [-0.1, -0.05) is 6.07 Å². The molecule has 0 radical (unpaired) electrons. The Labute approximate surface area is 143 Å². The zero-order valence-electron chi connectivity index (χ0n) is 13.7. The lowest BCUT2D eigenvalue weighted by molar-refractivity contribution is -0.120. The summed E-state index contributed by atoms with van der Waals surface area (Å²) >= 11 is 0. The van der Waals surface area contributed by atoms with Crippen LogP contribution in [0.1, 0.15) is 24.2 Å². The van der Waals surface area contributed by atoms with Crippen molar-refractivity contribution in [3.8, 4) is 0 Å². The smallest absolute Gasteiger partial charge is 0.244 e. The van der Waals surface area contributed by atoms with E-state index in [-0.39, 0.29) is 5.78 Å². The van der Waals surface area contributed by atoms with Crippen LogP contribution in [0.25, 0.3) is 0 Å². The van der Waals surface area contributed by atoms with Gasteiger partial charge in [-0.15, -0.1) is 0 Å². The fourth-order valence-corrected chi connectivity index (χ4v) is 2.23. The fraction of sp³-hybridized carbons (Fsp3) is 0.167. The van der Waals surface area contributed by atoms with E-state index < -0.39 is 35.7 Å². The van der Waals surface area contributed by atoms with Gasteiger partial charge in [0.15, 0.2) is 5.78 Å². The first-order valence-corrected chi connectivity index (χ1v) is 7.42. The molecular formula is C18H16F2N2O3. The molecule has 0 aliphatic heterocycles. The molecule has 0 fully saturated rings. The topological polar surface area (TPSA) is 66.5 Å². The number of nitrogens with one attached hydrogen (secondary N) is 1. The molecule has 5 nitrogen and oxygen atoms in total. The van der Waals surface area contributed by atoms with Gasteiger partial charge >= 0.3 is 0 Å². The van der Waals surface area contributed by atoms with Crippen LogP contribution in [0.4, 0.5) is 20.2 Å². The minimum atomic E-state index is -0.936. The minimum absolute atomic E-state index is 0.115. The average molecular weight is 346 g/mol. The number of Topliss-reactive ketones (excluding diaryl/α,β-unsaturated/α-hetero) is 1. The maximum absolute atomic E-state index is 13.9. The molecule has 0 unspecified atom stereocenters. The van der Waals surface area contributed by atoms with Crippen LogP contribution in [0.3, 0.4) is 0 Å². The Hall–Kier alpha value is -3.09. The van der Waals surface area contributed by atoms with E-state index in [1.807, 2.05) is 0 Å². The molecule has 0 aliphatic rings. The third kappa shape index (κ3) is 4.47. The molecule has 0 aliphatic carbocycles. The molecule has 130 valence electrons. The van der Waals surface area contributed by atoms with E-state index in [0.29, 0.717) is 11.3 Å². The molecule has 2 aromatic carbocycles. The molecule has 0 saturated carbocycles. The van der Waals surface area contributed by atoms with Crippen LogP contribution < -0.4 is 10.2 Å². The summed E-state index contributed by atoms with van der Waals surface area (Å²) in [6.45, 7) is 1.98. The van der Waals surface area contributed by atoms with Gasteiger partial charge in [0, 0.05) is 18.2 Å². The number of benzene rings is 2. The molecule has 7 heteroatoms. The molecule has 0 heterocycles. The minimum Gasteiger partial charge on any atom is -0.325 e. The molecule has 2 rings (SSSR count). The normalized spacial score (nSPS) is 10.2. The predicted octanol–water partition coefficient (Wildman–Crippen LogP) is 3.16. The number of para-hydroxylation sites is 1. The molecule has 0 bridgehead atoms. The number of halogens is 2. The highest BCUT2D eigenvalue weighted by Gasteiger charge is 2.22. The number of nitrogens with zero attached hydrogens (tertiary/aromatic N) is 1. The van der Waals surface area contributed by atoms with Crippen molar-refractivity contribution in [1.82, 2.24) is 0 Å². The Balaban J connectivity index is 2.16. The predicted molar refractivity (Wildman–Crippen MR) is 89.5 cm³/mol. The number of hydrogen-bond donors (Lipinski definition) is 1. The van der Waals surface area contributed by atoms with Gasteiger partial charge in [0.05, 0.1) is 0 Å². The summed E-state index contributed by atoms with van der Waals surface area (Å²) in [7, 11) is 0. The van der Waals surface area contributed by atoms with Gasteiger partial charge < -0.3 is 5.32 Å². The molecule has 0 saturated heterocycles. The molecule has 25 heavy (non-hydrogen) atoms. The molecule has 0 spiro atoms. The van der Waals surface area contributed by atoms with E-state index in [4.69, 9.17) is 0 Å². The molecular weight excluding hydrogens is 330 g/mol. The van der Waals surface area contributed by atoms with Crippen molar-refractivity contribution < 1.29 is 23.2 Å². The van der Waals surface area contributed by atoms with Crippen LogP contribution >= 0.6 is 0 Å². The lowest BCUT2D eigenvalue weighted by Crippen LogP contribution is -2.37. The van der Waals surface area contributed by atoms with Crippen LogP contribution in [0.2, 0.25) is 0 Å². The van der Waals surface area contributed by atoms with Crippen LogP contribution in [-0.4, -0.2) is 24.1 Å². The standard InChI is InChI=1S/C18H16F2N2O3/c1-11(23)13-6-8-14(9-7-13)21-17(25)10-22(12(2)24)18-15(19)4-3-5-16(18)20/h3-9H,10H2,1-2H3,(H,21,25). The van der Waals surface area contributed by atoms with Crippen molar-refractivity contribution in [2.24, 2.45) is 0 Å². The van der Waals surface area contributed by atoms with Gasteiger partial charge in [0.25, 0.3) is 0 Å². The number of amides is 2. The van der Waals surface area contributed by atoms with Gasteiger partial charge in [0.1, 0.15) is 23.9 Å². The number of ketones is 1. The second-order valence-corrected chi connectivity index (χ2v) is 5.36. The maximum Gasteiger partial charge on any atom is 0.244 e. The van der Waals surface area contributed by atoms with Gasteiger partial charge in [0.2, 0.25) is 11.8 Å². The first kappa shape index (κ1) is 18.3. The van der Waals surface area contributed by atoms with Crippen molar-refractivity contribution >= 4 is 29.0 Å². The molecule has 2 aromatic rings. The molecule has 2 amide bonds. The van der Waals surface area contributed by atoms with Crippen molar-refractivity contribution in [2.75, 3.05) is 16.8 Å². The van der Waals surface area contributed by atoms with E-state index in [2.05, 4.69) is 5.32 Å². The summed E-state index contributed by atoms with van der Waals surface area (Å²) in [5.74, 6) is -3.29. The third-order valence-electron chi connectivity index (χ3n) is 3.46. The molecule has 0 atom stereocenters. The van der Waals surface area contributed by atoms with E-state index in [9.17, 15) is 23.2 Å². The molecule has 1 N–H and O–H groups in total. The second kappa shape index (κ2) is 7.65. The lowest BCUT2D eigenvalue weighted by atomic mass is 10.1. The highest BCUT2D eigenvalue weighted by molar-refractivity contribution is 6.02. The number of rotatable bonds is 5. The number of carbonyl (C=O) groups is 3. The van der Waals surface area contributed by atoms with Crippen LogP contribution in [0.15, 0.2) is 42.5 Å². The highest BCUT2D eigenvalue weighted by atomic mass is 19.1. The first-order chi connectivity index (χ1) is 11.8. The van der Waals surface area contributed by atoms with Gasteiger partial charge in [-0.25, -0.2) is 8.78 Å². The van der Waals surface area contributed by atoms with E-state index in [1.54, 1.807) is 0 Å². The number of carbonyl (C=O) groups excluding carboxylic acids is 3. The largest absolute Gasteiger partial charge is 0.325 e. The lowest BCUT2D eigenvalue weighted by Gasteiger charge is -2.21. The average Bonchev–Trinajstić information content (AvgIpc) is 2.54. The monoisotopic (exact) mass is 346 g/mol. The molecule has 0 aromatic heterocycles. The summed E-state index contributed by atoms with van der Waals surface area (Å²) in [5, 5.41) is 2.51. The fourth-order valence-electron chi connectivity index (χ4n) is 2.23. The van der Waals surface area contributed by atoms with Gasteiger partial charge in [-0.05, 0) is 43.3 Å². The Morgan fingerprint density at radius 3 is 2.00 bits per heavy atom. The van der Waals surface area contributed by atoms with Crippen molar-refractivity contribution in [3.05, 3.63) is 59.7 Å².